The highest BCUT2D eigenvalue weighted by Crippen LogP contribution is 2.28. The first-order valence-electron chi connectivity index (χ1n) is 8.81. The van der Waals surface area contributed by atoms with Gasteiger partial charge in [0.25, 0.3) is 5.91 Å². The van der Waals surface area contributed by atoms with Crippen LogP contribution in [0.4, 0.5) is 11.4 Å². The molecule has 3 aromatic rings. The van der Waals surface area contributed by atoms with Gasteiger partial charge in [-0.15, -0.1) is 0 Å². The number of nitrogen functional groups attached to an aromatic ring is 1. The fourth-order valence-electron chi connectivity index (χ4n) is 3.22. The van der Waals surface area contributed by atoms with E-state index in [1.807, 2.05) is 18.2 Å². The molecule has 1 aliphatic heterocycles. The van der Waals surface area contributed by atoms with Gasteiger partial charge < -0.3 is 15.8 Å². The second-order valence-corrected chi connectivity index (χ2v) is 9.49. The van der Waals surface area contributed by atoms with Crippen LogP contribution >= 0.6 is 0 Å². The number of amides is 1. The highest BCUT2D eigenvalue weighted by molar-refractivity contribution is 8.00. The molecule has 4 rings (SSSR count). The molecule has 8 heteroatoms. The summed E-state index contributed by atoms with van der Waals surface area (Å²) in [5.74, 6) is 4.91. The minimum atomic E-state index is -2.04. The Morgan fingerprint density at radius 2 is 2.11 bits per heavy atom. The summed E-state index contributed by atoms with van der Waals surface area (Å²) in [6, 6.07) is 10.6. The molecule has 2 atom stereocenters. The van der Waals surface area contributed by atoms with E-state index in [0.29, 0.717) is 35.2 Å². The number of ether oxygens (including phenoxy) is 1. The number of nitrogens with two attached hydrogens (primary N) is 1. The second kappa shape index (κ2) is 7.12. The van der Waals surface area contributed by atoms with E-state index in [1.165, 1.54) is 6.20 Å². The molecule has 0 spiro atoms. The van der Waals surface area contributed by atoms with Crippen molar-refractivity contribution in [1.29, 1.82) is 0 Å². The maximum atomic E-state index is 12.4. The van der Waals surface area contributed by atoms with Crippen molar-refractivity contribution in [3.63, 3.8) is 0 Å². The summed E-state index contributed by atoms with van der Waals surface area (Å²) in [4.78, 5) is 20.7. The van der Waals surface area contributed by atoms with Crippen LogP contribution in [0.15, 0.2) is 48.8 Å². The van der Waals surface area contributed by atoms with Gasteiger partial charge in [0.05, 0.1) is 11.4 Å². The van der Waals surface area contributed by atoms with Crippen LogP contribution < -0.4 is 15.8 Å². The van der Waals surface area contributed by atoms with E-state index in [4.69, 9.17) is 10.5 Å². The molecular weight excluding hydrogens is 376 g/mol. The van der Waals surface area contributed by atoms with Gasteiger partial charge in [-0.25, -0.2) is 9.97 Å². The first kappa shape index (κ1) is 18.2. The summed E-state index contributed by atoms with van der Waals surface area (Å²) < 4.78 is 18.1. The molecule has 1 aliphatic rings. The molecule has 7 nitrogen and oxygen atoms in total. The number of fused-ring (bicyclic) bond motifs is 1. The summed E-state index contributed by atoms with van der Waals surface area (Å²) in [6.45, 7) is 0. The number of benzene rings is 1. The number of nitrogens with one attached hydrogen (secondary N) is 1. The zero-order valence-corrected chi connectivity index (χ0v) is 15.9. The Hall–Kier alpha value is -3.13. The normalized spacial score (nSPS) is 21.5. The number of aromatic nitrogens is 2. The number of nitrogens with zero attached hydrogens (tertiary/aromatic N) is 2. The lowest BCUT2D eigenvalue weighted by molar-refractivity contribution is 0.102. The third kappa shape index (κ3) is 3.77. The predicted molar refractivity (Wildman–Crippen MR) is 112 cm³/mol. The lowest BCUT2D eigenvalue weighted by atomic mass is 10.1. The minimum Gasteiger partial charge on any atom is -0.473 e. The molecular formula is C20H20N4O3S. The van der Waals surface area contributed by atoms with Crippen LogP contribution in [-0.2, 0) is 9.52 Å². The van der Waals surface area contributed by atoms with Crippen molar-refractivity contribution in [3.05, 3.63) is 54.5 Å². The Bertz CT molecular complexity index is 1160. The molecule has 144 valence electrons. The summed E-state index contributed by atoms with van der Waals surface area (Å²) in [6.07, 6.45) is 3.74. The maximum Gasteiger partial charge on any atom is 0.276 e. The van der Waals surface area contributed by atoms with Gasteiger partial charge in [-0.05, 0) is 63.6 Å². The van der Waals surface area contributed by atoms with Gasteiger partial charge in [0.15, 0.2) is 5.69 Å². The van der Waals surface area contributed by atoms with E-state index in [0.717, 1.165) is 10.8 Å². The molecule has 0 aliphatic carbocycles. The number of hydrogen-bond acceptors (Lipinski definition) is 6. The zero-order chi connectivity index (χ0) is 19.7. The summed E-state index contributed by atoms with van der Waals surface area (Å²) >= 11 is 0. The fraction of sp³-hybridized carbons (Fsp3) is 0.200. The van der Waals surface area contributed by atoms with Crippen molar-refractivity contribution in [2.45, 2.75) is 12.5 Å². The standard InChI is InChI=1S/C20H20N4O3S/c1-28(26)10-7-15(12-28)27-20-16-5-4-14(11-13(16)6-9-23-20)24-19(25)18-17(21)3-2-8-22-18/h2-6,8-9,11,15H,1,7,10,12,21H2,(H,24,25). The van der Waals surface area contributed by atoms with Crippen molar-refractivity contribution in [2.75, 3.05) is 22.6 Å². The van der Waals surface area contributed by atoms with E-state index in [9.17, 15) is 9.00 Å². The Balaban J connectivity index is 1.57. The lowest BCUT2D eigenvalue weighted by Gasteiger charge is -2.14. The van der Waals surface area contributed by atoms with Crippen LogP contribution in [0.1, 0.15) is 16.9 Å². The SMILES string of the molecule is C=S1(=O)CCC(Oc2nccc3cc(NC(=O)c4ncccc4N)ccc23)C1. The molecule has 0 radical (unpaired) electrons. The van der Waals surface area contributed by atoms with E-state index in [-0.39, 0.29) is 17.7 Å². The van der Waals surface area contributed by atoms with Crippen LogP contribution in [0.3, 0.4) is 0 Å². The molecule has 1 aromatic carbocycles. The maximum absolute atomic E-state index is 12.4. The molecule has 0 saturated carbocycles. The molecule has 2 aromatic heterocycles. The van der Waals surface area contributed by atoms with Crippen LogP contribution in [0.2, 0.25) is 0 Å². The second-order valence-electron chi connectivity index (χ2n) is 6.81. The zero-order valence-electron chi connectivity index (χ0n) is 15.1. The number of rotatable bonds is 4. The van der Waals surface area contributed by atoms with Crippen molar-refractivity contribution in [2.24, 2.45) is 0 Å². The number of hydrogen-bond donors (Lipinski definition) is 2. The summed E-state index contributed by atoms with van der Waals surface area (Å²) in [5.41, 5.74) is 6.92. The Kier molecular flexibility index (Phi) is 4.64. The molecule has 28 heavy (non-hydrogen) atoms. The molecule has 1 saturated heterocycles. The van der Waals surface area contributed by atoms with Crippen LogP contribution in [0, 0.1) is 0 Å². The average molecular weight is 396 g/mol. The number of carbonyl (C=O) groups is 1. The number of carbonyl (C=O) groups excluding carboxylic acids is 1. The largest absolute Gasteiger partial charge is 0.473 e. The lowest BCUT2D eigenvalue weighted by Crippen LogP contribution is -2.18. The van der Waals surface area contributed by atoms with Crippen LogP contribution in [-0.4, -0.2) is 43.6 Å². The average Bonchev–Trinajstić information content (AvgIpc) is 3.00. The molecule has 3 N–H and O–H groups in total. The minimum absolute atomic E-state index is 0.144. The van der Waals surface area contributed by atoms with Crippen molar-refractivity contribution in [1.82, 2.24) is 9.97 Å². The van der Waals surface area contributed by atoms with Gasteiger partial charge in [0, 0.05) is 29.2 Å². The van der Waals surface area contributed by atoms with Crippen LogP contribution in [0.25, 0.3) is 10.8 Å². The molecule has 1 fully saturated rings. The third-order valence-electron chi connectivity index (χ3n) is 4.62. The molecule has 0 bridgehead atoms. The summed E-state index contributed by atoms with van der Waals surface area (Å²) in [5, 5.41) is 4.49. The fourth-order valence-corrected chi connectivity index (χ4v) is 4.99. The third-order valence-corrected chi connectivity index (χ3v) is 6.58. The number of pyridine rings is 2. The number of anilines is 2. The Labute approximate surface area is 163 Å². The van der Waals surface area contributed by atoms with Gasteiger partial charge in [-0.3, -0.25) is 9.00 Å². The van der Waals surface area contributed by atoms with Crippen LogP contribution in [0.5, 0.6) is 5.88 Å². The van der Waals surface area contributed by atoms with E-state index < -0.39 is 9.52 Å². The Morgan fingerprint density at radius 1 is 1.25 bits per heavy atom. The van der Waals surface area contributed by atoms with E-state index in [1.54, 1.807) is 24.4 Å². The first-order valence-corrected chi connectivity index (χ1v) is 10.9. The molecule has 2 unspecified atom stereocenters. The smallest absolute Gasteiger partial charge is 0.276 e. The van der Waals surface area contributed by atoms with E-state index in [2.05, 4.69) is 21.2 Å². The van der Waals surface area contributed by atoms with E-state index >= 15 is 0 Å². The summed E-state index contributed by atoms with van der Waals surface area (Å²) in [7, 11) is -2.04. The first-order chi connectivity index (χ1) is 13.4. The predicted octanol–water partition coefficient (Wildman–Crippen LogP) is 2.33. The highest BCUT2D eigenvalue weighted by Gasteiger charge is 2.26. The van der Waals surface area contributed by atoms with Crippen molar-refractivity contribution < 1.29 is 13.7 Å². The van der Waals surface area contributed by atoms with Gasteiger partial charge in [0.2, 0.25) is 5.88 Å². The van der Waals surface area contributed by atoms with Crippen molar-refractivity contribution in [3.8, 4) is 5.88 Å². The van der Waals surface area contributed by atoms with Gasteiger partial charge in [0.1, 0.15) is 6.10 Å². The van der Waals surface area contributed by atoms with Crippen molar-refractivity contribution >= 4 is 43.4 Å². The van der Waals surface area contributed by atoms with Gasteiger partial charge >= 0.3 is 0 Å². The monoisotopic (exact) mass is 396 g/mol. The topological polar surface area (TPSA) is 107 Å². The molecule has 1 amide bonds. The van der Waals surface area contributed by atoms with Gasteiger partial charge in [-0.1, -0.05) is 0 Å². The Morgan fingerprint density at radius 3 is 2.86 bits per heavy atom. The quantitative estimate of drug-likeness (QED) is 0.656. The van der Waals surface area contributed by atoms with Gasteiger partial charge in [-0.2, -0.15) is 0 Å². The highest BCUT2D eigenvalue weighted by atomic mass is 32.2. The molecule has 3 heterocycles.